The molecule has 5 aromatic rings. The Balaban J connectivity index is 1.43. The van der Waals surface area contributed by atoms with Crippen molar-refractivity contribution in [2.24, 2.45) is 7.05 Å². The summed E-state index contributed by atoms with van der Waals surface area (Å²) in [6.45, 7) is 1.20. The number of aromatic nitrogens is 6. The summed E-state index contributed by atoms with van der Waals surface area (Å²) >= 11 is 2.85. The van der Waals surface area contributed by atoms with E-state index in [1.54, 1.807) is 11.6 Å². The van der Waals surface area contributed by atoms with Crippen LogP contribution in [0.5, 0.6) is 0 Å². The smallest absolute Gasteiger partial charge is 0.272 e. The first-order valence-electron chi connectivity index (χ1n) is 10.7. The Kier molecular flexibility index (Phi) is 5.04. The summed E-state index contributed by atoms with van der Waals surface area (Å²) in [4.78, 5) is 30.7. The number of para-hydroxylation sites is 1. The van der Waals surface area contributed by atoms with Crippen molar-refractivity contribution in [3.05, 3.63) is 62.2 Å². The van der Waals surface area contributed by atoms with Crippen LogP contribution in [0.15, 0.2) is 50.5 Å². The molecule has 0 saturated carbocycles. The summed E-state index contributed by atoms with van der Waals surface area (Å²) in [5.74, 6) is 1.63. The van der Waals surface area contributed by atoms with Crippen LogP contribution in [0.3, 0.4) is 0 Å². The Morgan fingerprint density at radius 2 is 2.06 bits per heavy atom. The average Bonchev–Trinajstić information content (AvgIpc) is 3.59. The van der Waals surface area contributed by atoms with E-state index in [2.05, 4.69) is 10.2 Å². The molecule has 11 heteroatoms. The zero-order valence-corrected chi connectivity index (χ0v) is 19.4. The standard InChI is InChI=1S/C22H20N6O3S2/c1-26-20(30)18-16(8-10-32-18)28-17(24-25-21(26)28)12-33-22-23-15-7-3-2-6-14(15)19(29)27(22)11-13-5-4-9-31-13/h2-3,6-8,10,13H,4-5,9,11-12H2,1H3. The molecule has 1 aliphatic heterocycles. The summed E-state index contributed by atoms with van der Waals surface area (Å²) in [6, 6.07) is 9.31. The second-order valence-corrected chi connectivity index (χ2v) is 9.86. The fourth-order valence-electron chi connectivity index (χ4n) is 4.29. The zero-order valence-electron chi connectivity index (χ0n) is 17.8. The zero-order chi connectivity index (χ0) is 22.5. The van der Waals surface area contributed by atoms with Gasteiger partial charge in [-0.15, -0.1) is 21.5 Å². The maximum atomic E-state index is 13.3. The molecule has 9 nitrogen and oxygen atoms in total. The Bertz CT molecular complexity index is 1630. The minimum atomic E-state index is -0.0827. The SMILES string of the molecule is Cn1c(=O)c2sccc2n2c(CSc3nc4ccccc4c(=O)n3CC3CCCO3)nnc12. The third-order valence-electron chi connectivity index (χ3n) is 5.96. The lowest BCUT2D eigenvalue weighted by Crippen LogP contribution is -2.28. The molecule has 6 rings (SSSR count). The molecule has 1 aromatic carbocycles. The van der Waals surface area contributed by atoms with Gasteiger partial charge in [0.1, 0.15) is 10.5 Å². The van der Waals surface area contributed by atoms with Crippen molar-refractivity contribution in [3.63, 3.8) is 0 Å². The van der Waals surface area contributed by atoms with Crippen LogP contribution in [-0.2, 0) is 24.1 Å². The van der Waals surface area contributed by atoms with Crippen LogP contribution in [0.25, 0.3) is 26.9 Å². The van der Waals surface area contributed by atoms with Gasteiger partial charge in [-0.05, 0) is 36.4 Å². The van der Waals surface area contributed by atoms with E-state index in [4.69, 9.17) is 9.72 Å². The van der Waals surface area contributed by atoms with Gasteiger partial charge in [0, 0.05) is 13.7 Å². The predicted molar refractivity (Wildman–Crippen MR) is 128 cm³/mol. The minimum Gasteiger partial charge on any atom is -0.376 e. The fourth-order valence-corrected chi connectivity index (χ4v) is 6.06. The molecule has 0 amide bonds. The van der Waals surface area contributed by atoms with Crippen molar-refractivity contribution in [3.8, 4) is 0 Å². The number of fused-ring (bicyclic) bond motifs is 4. The van der Waals surface area contributed by atoms with Gasteiger partial charge in [0.2, 0.25) is 5.78 Å². The molecule has 168 valence electrons. The molecule has 1 fully saturated rings. The summed E-state index contributed by atoms with van der Waals surface area (Å²) in [5.41, 5.74) is 1.32. The highest BCUT2D eigenvalue weighted by molar-refractivity contribution is 7.98. The molecule has 4 aromatic heterocycles. The van der Waals surface area contributed by atoms with E-state index in [-0.39, 0.29) is 17.2 Å². The first-order valence-corrected chi connectivity index (χ1v) is 12.5. The van der Waals surface area contributed by atoms with E-state index in [1.165, 1.54) is 27.7 Å². The number of hydrogen-bond donors (Lipinski definition) is 0. The molecule has 1 saturated heterocycles. The van der Waals surface area contributed by atoms with Gasteiger partial charge >= 0.3 is 0 Å². The predicted octanol–water partition coefficient (Wildman–Crippen LogP) is 2.82. The largest absolute Gasteiger partial charge is 0.376 e. The molecule has 0 bridgehead atoms. The molecule has 1 atom stereocenters. The van der Waals surface area contributed by atoms with Gasteiger partial charge in [-0.2, -0.15) is 0 Å². The fraction of sp³-hybridized carbons (Fsp3) is 0.318. The summed E-state index contributed by atoms with van der Waals surface area (Å²) in [5, 5.41) is 11.7. The van der Waals surface area contributed by atoms with Crippen LogP contribution in [-0.4, -0.2) is 41.4 Å². The summed E-state index contributed by atoms with van der Waals surface area (Å²) in [7, 11) is 1.70. The summed E-state index contributed by atoms with van der Waals surface area (Å²) in [6.07, 6.45) is 1.95. The Morgan fingerprint density at radius 3 is 2.91 bits per heavy atom. The quantitative estimate of drug-likeness (QED) is 0.282. The van der Waals surface area contributed by atoms with Gasteiger partial charge < -0.3 is 4.74 Å². The van der Waals surface area contributed by atoms with Crippen molar-refractivity contribution in [1.82, 2.24) is 28.7 Å². The molecule has 1 aliphatic rings. The number of thioether (sulfide) groups is 1. The van der Waals surface area contributed by atoms with E-state index in [1.807, 2.05) is 40.1 Å². The second kappa shape index (κ2) is 8.08. The number of ether oxygens (including phenoxy) is 1. The van der Waals surface area contributed by atoms with Crippen molar-refractivity contribution < 1.29 is 4.74 Å². The lowest BCUT2D eigenvalue weighted by atomic mass is 10.2. The van der Waals surface area contributed by atoms with Crippen LogP contribution >= 0.6 is 23.1 Å². The number of benzene rings is 1. The lowest BCUT2D eigenvalue weighted by molar-refractivity contribution is 0.0937. The molecule has 33 heavy (non-hydrogen) atoms. The van der Waals surface area contributed by atoms with Crippen molar-refractivity contribution in [2.45, 2.75) is 36.4 Å². The molecule has 0 spiro atoms. The maximum absolute atomic E-state index is 13.3. The first-order chi connectivity index (χ1) is 16.1. The van der Waals surface area contributed by atoms with Crippen molar-refractivity contribution in [2.75, 3.05) is 6.61 Å². The molecule has 5 heterocycles. The topological polar surface area (TPSA) is 96.3 Å². The number of rotatable bonds is 5. The van der Waals surface area contributed by atoms with E-state index in [0.29, 0.717) is 44.7 Å². The van der Waals surface area contributed by atoms with Gasteiger partial charge in [-0.3, -0.25) is 23.1 Å². The highest BCUT2D eigenvalue weighted by Gasteiger charge is 2.21. The Morgan fingerprint density at radius 1 is 1.18 bits per heavy atom. The highest BCUT2D eigenvalue weighted by Crippen LogP contribution is 2.26. The third kappa shape index (κ3) is 3.38. The maximum Gasteiger partial charge on any atom is 0.272 e. The van der Waals surface area contributed by atoms with E-state index in [0.717, 1.165) is 25.0 Å². The first kappa shape index (κ1) is 20.6. The molecule has 0 N–H and O–H groups in total. The minimum absolute atomic E-state index is 0.0129. The molecular formula is C22H20N6O3S2. The number of hydrogen-bond acceptors (Lipinski definition) is 8. The number of thiophene rings is 1. The third-order valence-corrected chi connectivity index (χ3v) is 7.83. The van der Waals surface area contributed by atoms with Crippen LogP contribution in [0.1, 0.15) is 18.7 Å². The van der Waals surface area contributed by atoms with Crippen LogP contribution < -0.4 is 11.1 Å². The van der Waals surface area contributed by atoms with Crippen LogP contribution in [0.2, 0.25) is 0 Å². The highest BCUT2D eigenvalue weighted by atomic mass is 32.2. The van der Waals surface area contributed by atoms with Crippen LogP contribution in [0, 0.1) is 0 Å². The monoisotopic (exact) mass is 480 g/mol. The lowest BCUT2D eigenvalue weighted by Gasteiger charge is -2.16. The average molecular weight is 481 g/mol. The van der Waals surface area contributed by atoms with Crippen molar-refractivity contribution >= 4 is 50.0 Å². The van der Waals surface area contributed by atoms with Crippen molar-refractivity contribution in [1.29, 1.82) is 0 Å². The molecule has 0 radical (unpaired) electrons. The van der Waals surface area contributed by atoms with Gasteiger partial charge in [0.05, 0.1) is 34.8 Å². The van der Waals surface area contributed by atoms with Gasteiger partial charge in [0.15, 0.2) is 5.16 Å². The van der Waals surface area contributed by atoms with Gasteiger partial charge in [0.25, 0.3) is 11.1 Å². The Labute approximate surface area is 195 Å². The van der Waals surface area contributed by atoms with E-state index < -0.39 is 0 Å². The van der Waals surface area contributed by atoms with E-state index >= 15 is 0 Å². The molecule has 0 aliphatic carbocycles. The Hall–Kier alpha value is -3.02. The molecular weight excluding hydrogens is 460 g/mol. The van der Waals surface area contributed by atoms with E-state index in [9.17, 15) is 9.59 Å². The summed E-state index contributed by atoms with van der Waals surface area (Å²) < 4.78 is 11.6. The van der Waals surface area contributed by atoms with Gasteiger partial charge in [-0.25, -0.2) is 4.98 Å². The normalized spacial score (nSPS) is 16.5. The number of nitrogens with zero attached hydrogens (tertiary/aromatic N) is 6. The van der Waals surface area contributed by atoms with Crippen LogP contribution in [0.4, 0.5) is 0 Å². The van der Waals surface area contributed by atoms with Gasteiger partial charge in [-0.1, -0.05) is 23.9 Å². The second-order valence-electron chi connectivity index (χ2n) is 8.00. The molecule has 1 unspecified atom stereocenters. The number of aryl methyl sites for hydroxylation is 1.